The van der Waals surface area contributed by atoms with E-state index in [-0.39, 0.29) is 11.8 Å². The number of aryl methyl sites for hydroxylation is 1. The lowest BCUT2D eigenvalue weighted by Gasteiger charge is -2.17. The van der Waals surface area contributed by atoms with Crippen LogP contribution in [-0.2, 0) is 20.7 Å². The van der Waals surface area contributed by atoms with Gasteiger partial charge in [0.25, 0.3) is 5.91 Å². The molecule has 1 heterocycles. The van der Waals surface area contributed by atoms with Crippen molar-refractivity contribution in [3.63, 3.8) is 0 Å². The molecule has 6 nitrogen and oxygen atoms in total. The van der Waals surface area contributed by atoms with E-state index >= 15 is 0 Å². The minimum absolute atomic E-state index is 0.0212. The van der Waals surface area contributed by atoms with E-state index in [9.17, 15) is 9.59 Å². The normalized spacial score (nSPS) is 13.5. The summed E-state index contributed by atoms with van der Waals surface area (Å²) in [6.45, 7) is 1.97. The van der Waals surface area contributed by atoms with Gasteiger partial charge in [0.15, 0.2) is 0 Å². The maximum atomic E-state index is 12.0. The molecule has 2 rings (SSSR count). The number of carbonyl (C=O) groups excluding carboxylic acids is 2. The largest absolute Gasteiger partial charge is 0.382 e. The maximum Gasteiger partial charge on any atom is 0.251 e. The predicted octanol–water partition coefficient (Wildman–Crippen LogP) is 0.964. The monoisotopic (exact) mass is 292 g/mol. The molecule has 2 amide bonds. The van der Waals surface area contributed by atoms with Gasteiger partial charge < -0.3 is 20.1 Å². The first-order valence-corrected chi connectivity index (χ1v) is 6.98. The molecular formula is C15H20N2O4. The van der Waals surface area contributed by atoms with Crippen LogP contribution in [0.3, 0.4) is 0 Å². The molecule has 114 valence electrons. The van der Waals surface area contributed by atoms with Gasteiger partial charge >= 0.3 is 0 Å². The maximum absolute atomic E-state index is 12.0. The molecule has 1 aliphatic heterocycles. The highest BCUT2D eigenvalue weighted by molar-refractivity contribution is 5.97. The zero-order valence-corrected chi connectivity index (χ0v) is 12.1. The second kappa shape index (κ2) is 7.75. The fourth-order valence-electron chi connectivity index (χ4n) is 2.11. The lowest BCUT2D eigenvalue weighted by Crippen LogP contribution is -2.28. The predicted molar refractivity (Wildman–Crippen MR) is 78.4 cm³/mol. The molecule has 0 aromatic heterocycles. The molecule has 0 aliphatic carbocycles. The SMILES string of the molecule is COCCOCCNC(=O)c1ccc2c(c1)CCC(=O)N2. The van der Waals surface area contributed by atoms with Crippen LogP contribution in [0, 0.1) is 0 Å². The summed E-state index contributed by atoms with van der Waals surface area (Å²) in [7, 11) is 1.61. The van der Waals surface area contributed by atoms with Gasteiger partial charge in [0, 0.05) is 31.3 Å². The summed E-state index contributed by atoms with van der Waals surface area (Å²) >= 11 is 0. The molecular weight excluding hydrogens is 272 g/mol. The quantitative estimate of drug-likeness (QED) is 0.734. The summed E-state index contributed by atoms with van der Waals surface area (Å²) < 4.78 is 10.1. The van der Waals surface area contributed by atoms with Crippen molar-refractivity contribution >= 4 is 17.5 Å². The summed E-state index contributed by atoms with van der Waals surface area (Å²) in [6, 6.07) is 5.32. The van der Waals surface area contributed by atoms with Crippen LogP contribution in [0.4, 0.5) is 5.69 Å². The molecule has 1 aromatic rings. The van der Waals surface area contributed by atoms with Crippen LogP contribution in [0.2, 0.25) is 0 Å². The summed E-state index contributed by atoms with van der Waals surface area (Å²) in [5, 5.41) is 5.59. The van der Waals surface area contributed by atoms with E-state index in [1.165, 1.54) is 0 Å². The third-order valence-corrected chi connectivity index (χ3v) is 3.23. The molecule has 6 heteroatoms. The van der Waals surface area contributed by atoms with E-state index in [2.05, 4.69) is 10.6 Å². The molecule has 1 aromatic carbocycles. The zero-order chi connectivity index (χ0) is 15.1. The Hall–Kier alpha value is -1.92. The number of hydrogen-bond acceptors (Lipinski definition) is 4. The van der Waals surface area contributed by atoms with Gasteiger partial charge in [-0.15, -0.1) is 0 Å². The number of hydrogen-bond donors (Lipinski definition) is 2. The number of anilines is 1. The highest BCUT2D eigenvalue weighted by Crippen LogP contribution is 2.23. The summed E-state index contributed by atoms with van der Waals surface area (Å²) in [5.74, 6) is -0.113. The van der Waals surface area contributed by atoms with E-state index < -0.39 is 0 Å². The van der Waals surface area contributed by atoms with Gasteiger partial charge in [-0.1, -0.05) is 0 Å². The number of nitrogens with one attached hydrogen (secondary N) is 2. The molecule has 0 fully saturated rings. The molecule has 0 unspecified atom stereocenters. The van der Waals surface area contributed by atoms with Crippen LogP contribution >= 0.6 is 0 Å². The van der Waals surface area contributed by atoms with E-state index in [0.29, 0.717) is 44.8 Å². The Bertz CT molecular complexity index is 516. The van der Waals surface area contributed by atoms with Crippen molar-refractivity contribution in [1.29, 1.82) is 0 Å². The van der Waals surface area contributed by atoms with Crippen LogP contribution in [0.5, 0.6) is 0 Å². The van der Waals surface area contributed by atoms with Gasteiger partial charge in [0.05, 0.1) is 19.8 Å². The Balaban J connectivity index is 1.81. The van der Waals surface area contributed by atoms with Crippen LogP contribution in [0.1, 0.15) is 22.3 Å². The number of methoxy groups -OCH3 is 1. The average molecular weight is 292 g/mol. The summed E-state index contributed by atoms with van der Waals surface area (Å²) in [5.41, 5.74) is 2.39. The molecule has 0 atom stereocenters. The van der Waals surface area contributed by atoms with Crippen molar-refractivity contribution in [3.05, 3.63) is 29.3 Å². The second-order valence-electron chi connectivity index (χ2n) is 4.78. The van der Waals surface area contributed by atoms with Gasteiger partial charge in [0.2, 0.25) is 5.91 Å². The summed E-state index contributed by atoms with van der Waals surface area (Å²) in [4.78, 5) is 23.3. The first-order chi connectivity index (χ1) is 10.2. The molecule has 0 radical (unpaired) electrons. The second-order valence-corrected chi connectivity index (χ2v) is 4.78. The topological polar surface area (TPSA) is 76.7 Å². The van der Waals surface area contributed by atoms with Crippen molar-refractivity contribution < 1.29 is 19.1 Å². The lowest BCUT2D eigenvalue weighted by atomic mass is 10.00. The van der Waals surface area contributed by atoms with E-state index in [0.717, 1.165) is 11.3 Å². The molecule has 0 saturated carbocycles. The first-order valence-electron chi connectivity index (χ1n) is 6.98. The van der Waals surface area contributed by atoms with Gasteiger partial charge in [-0.25, -0.2) is 0 Å². The van der Waals surface area contributed by atoms with E-state index in [1.54, 1.807) is 19.2 Å². The average Bonchev–Trinajstić information content (AvgIpc) is 2.50. The van der Waals surface area contributed by atoms with E-state index in [4.69, 9.17) is 9.47 Å². The minimum Gasteiger partial charge on any atom is -0.382 e. The minimum atomic E-state index is -0.134. The molecule has 2 N–H and O–H groups in total. The molecule has 0 spiro atoms. The van der Waals surface area contributed by atoms with Gasteiger partial charge in [-0.05, 0) is 30.2 Å². The van der Waals surface area contributed by atoms with E-state index in [1.807, 2.05) is 6.07 Å². The Labute approximate surface area is 123 Å². The van der Waals surface area contributed by atoms with Crippen LogP contribution in [0.15, 0.2) is 18.2 Å². The summed E-state index contributed by atoms with van der Waals surface area (Å²) in [6.07, 6.45) is 1.13. The van der Waals surface area contributed by atoms with Crippen molar-refractivity contribution in [3.8, 4) is 0 Å². The molecule has 0 saturated heterocycles. The molecule has 21 heavy (non-hydrogen) atoms. The van der Waals surface area contributed by atoms with Crippen LogP contribution in [0.25, 0.3) is 0 Å². The van der Waals surface area contributed by atoms with Crippen molar-refractivity contribution in [2.24, 2.45) is 0 Å². The molecule has 0 bridgehead atoms. The highest BCUT2D eigenvalue weighted by Gasteiger charge is 2.16. The van der Waals surface area contributed by atoms with Crippen molar-refractivity contribution in [2.75, 3.05) is 38.8 Å². The number of benzene rings is 1. The van der Waals surface area contributed by atoms with Crippen LogP contribution < -0.4 is 10.6 Å². The Kier molecular flexibility index (Phi) is 5.71. The third kappa shape index (κ3) is 4.54. The smallest absolute Gasteiger partial charge is 0.251 e. The highest BCUT2D eigenvalue weighted by atomic mass is 16.5. The standard InChI is InChI=1S/C15H20N2O4/c1-20-8-9-21-7-6-16-15(19)12-2-4-13-11(10-12)3-5-14(18)17-13/h2,4,10H,3,5-9H2,1H3,(H,16,19)(H,17,18). The van der Waals surface area contributed by atoms with Crippen LogP contribution in [-0.4, -0.2) is 45.3 Å². The van der Waals surface area contributed by atoms with Gasteiger partial charge in [-0.2, -0.15) is 0 Å². The van der Waals surface area contributed by atoms with Crippen molar-refractivity contribution in [2.45, 2.75) is 12.8 Å². The Morgan fingerprint density at radius 2 is 2.14 bits per heavy atom. The number of rotatable bonds is 7. The number of fused-ring (bicyclic) bond motifs is 1. The van der Waals surface area contributed by atoms with Gasteiger partial charge in [-0.3, -0.25) is 9.59 Å². The fourth-order valence-corrected chi connectivity index (χ4v) is 2.11. The van der Waals surface area contributed by atoms with Gasteiger partial charge in [0.1, 0.15) is 0 Å². The lowest BCUT2D eigenvalue weighted by molar-refractivity contribution is -0.116. The number of ether oxygens (including phenoxy) is 2. The zero-order valence-electron chi connectivity index (χ0n) is 12.1. The molecule has 1 aliphatic rings. The fraction of sp³-hybridized carbons (Fsp3) is 0.467. The Morgan fingerprint density at radius 3 is 2.95 bits per heavy atom. The number of amides is 2. The number of carbonyl (C=O) groups is 2. The first kappa shape index (κ1) is 15.5. The third-order valence-electron chi connectivity index (χ3n) is 3.23. The Morgan fingerprint density at radius 1 is 1.29 bits per heavy atom. The van der Waals surface area contributed by atoms with Crippen molar-refractivity contribution in [1.82, 2.24) is 5.32 Å².